The van der Waals surface area contributed by atoms with Gasteiger partial charge in [-0.1, -0.05) is 0 Å². The summed E-state index contributed by atoms with van der Waals surface area (Å²) in [5.74, 6) is 0.919. The lowest BCUT2D eigenvalue weighted by atomic mass is 9.98. The molecule has 3 rings (SSSR count). The Kier molecular flexibility index (Phi) is 0.961. The van der Waals surface area contributed by atoms with Gasteiger partial charge in [0.1, 0.15) is 5.76 Å². The molecule has 0 unspecified atom stereocenters. The van der Waals surface area contributed by atoms with Gasteiger partial charge in [0.15, 0.2) is 0 Å². The normalized spacial score (nSPS) is 18.3. The molecule has 2 aliphatic rings. The number of hydrogen-bond donors (Lipinski definition) is 0. The highest BCUT2D eigenvalue weighted by Crippen LogP contribution is 2.32. The molecule has 12 heavy (non-hydrogen) atoms. The number of fused-ring (bicyclic) bond motifs is 2. The number of hydrogen-bond acceptors (Lipinski definition) is 3. The second-order valence-electron chi connectivity index (χ2n) is 2.89. The predicted octanol–water partition coefficient (Wildman–Crippen LogP) is 2.53. The fourth-order valence-corrected chi connectivity index (χ4v) is 1.50. The van der Waals surface area contributed by atoms with Gasteiger partial charge in [0.25, 0.3) is 0 Å². The van der Waals surface area contributed by atoms with Crippen LogP contribution in [0.25, 0.3) is 6.08 Å². The van der Waals surface area contributed by atoms with Crippen LogP contribution in [0.3, 0.4) is 0 Å². The fourth-order valence-electron chi connectivity index (χ4n) is 1.50. The van der Waals surface area contributed by atoms with Gasteiger partial charge in [-0.05, 0) is 6.07 Å². The highest BCUT2D eigenvalue weighted by Gasteiger charge is 2.19. The zero-order valence-corrected chi connectivity index (χ0v) is 6.32. The van der Waals surface area contributed by atoms with E-state index in [1.807, 2.05) is 18.3 Å². The van der Waals surface area contributed by atoms with Gasteiger partial charge in [0, 0.05) is 23.6 Å². The number of allylic oxidation sites excluding steroid dienone is 1. The molecule has 1 aliphatic carbocycles. The van der Waals surface area contributed by atoms with Crippen molar-refractivity contribution in [3.8, 4) is 0 Å². The first-order chi connectivity index (χ1) is 5.93. The van der Waals surface area contributed by atoms with Gasteiger partial charge < -0.3 is 4.42 Å². The molecule has 0 spiro atoms. The molecule has 3 nitrogen and oxygen atoms in total. The number of rotatable bonds is 0. The summed E-state index contributed by atoms with van der Waals surface area (Å²) in [5.41, 5.74) is 3.35. The quantitative estimate of drug-likeness (QED) is 0.571. The van der Waals surface area contributed by atoms with Gasteiger partial charge in [-0.15, -0.1) is 0 Å². The van der Waals surface area contributed by atoms with Crippen LogP contribution in [0.4, 0.5) is 0 Å². The van der Waals surface area contributed by atoms with Gasteiger partial charge in [-0.3, -0.25) is 0 Å². The molecular formula is C9H6N2O. The van der Waals surface area contributed by atoms with Crippen LogP contribution in [0, 0.1) is 0 Å². The van der Waals surface area contributed by atoms with E-state index in [0.29, 0.717) is 0 Å². The van der Waals surface area contributed by atoms with Crippen LogP contribution in [0.15, 0.2) is 44.4 Å². The van der Waals surface area contributed by atoms with Gasteiger partial charge in [-0.2, -0.15) is 10.2 Å². The Hall–Kier alpha value is -1.64. The highest BCUT2D eigenvalue weighted by molar-refractivity contribution is 5.63. The molecule has 0 N–H and O–H groups in total. The third-order valence-corrected chi connectivity index (χ3v) is 2.14. The largest absolute Gasteiger partial charge is 0.465 e. The van der Waals surface area contributed by atoms with Crippen molar-refractivity contribution in [2.45, 2.75) is 6.42 Å². The van der Waals surface area contributed by atoms with Crippen molar-refractivity contribution in [2.75, 3.05) is 0 Å². The van der Waals surface area contributed by atoms with E-state index in [4.69, 9.17) is 4.42 Å². The lowest BCUT2D eigenvalue weighted by Gasteiger charge is -2.06. The molecule has 1 aromatic rings. The molecule has 58 valence electrons. The van der Waals surface area contributed by atoms with Crippen molar-refractivity contribution in [1.82, 2.24) is 0 Å². The van der Waals surface area contributed by atoms with Crippen LogP contribution >= 0.6 is 0 Å². The molecule has 0 atom stereocenters. The Labute approximate surface area is 69.1 Å². The molecule has 0 saturated heterocycles. The van der Waals surface area contributed by atoms with E-state index in [9.17, 15) is 0 Å². The van der Waals surface area contributed by atoms with Crippen LogP contribution < -0.4 is 0 Å². The first-order valence-electron chi connectivity index (χ1n) is 3.82. The summed E-state index contributed by atoms with van der Waals surface area (Å²) >= 11 is 0. The first kappa shape index (κ1) is 5.94. The average Bonchev–Trinajstić information content (AvgIpc) is 2.64. The Morgan fingerprint density at radius 3 is 3.42 bits per heavy atom. The summed E-state index contributed by atoms with van der Waals surface area (Å²) in [6, 6.07) is 1.99. The van der Waals surface area contributed by atoms with Crippen LogP contribution in [0.5, 0.6) is 0 Å². The summed E-state index contributed by atoms with van der Waals surface area (Å²) in [5, 5.41) is 7.81. The van der Waals surface area contributed by atoms with E-state index in [1.54, 1.807) is 6.26 Å². The molecule has 1 aliphatic heterocycles. The van der Waals surface area contributed by atoms with Crippen molar-refractivity contribution in [1.29, 1.82) is 0 Å². The second-order valence-corrected chi connectivity index (χ2v) is 2.89. The van der Waals surface area contributed by atoms with Crippen molar-refractivity contribution < 1.29 is 4.42 Å². The third-order valence-electron chi connectivity index (χ3n) is 2.14. The minimum absolute atomic E-state index is 0.894. The minimum atomic E-state index is 0.894. The number of azo groups is 1. The van der Waals surface area contributed by atoms with Crippen molar-refractivity contribution >= 4 is 6.08 Å². The Bertz CT molecular complexity index is 423. The molecule has 0 bridgehead atoms. The third kappa shape index (κ3) is 0.652. The summed E-state index contributed by atoms with van der Waals surface area (Å²) in [6.07, 6.45) is 6.34. The topological polar surface area (TPSA) is 37.9 Å². The Morgan fingerprint density at radius 2 is 2.42 bits per heavy atom. The summed E-state index contributed by atoms with van der Waals surface area (Å²) in [4.78, 5) is 0. The standard InChI is InChI=1S/C9H6N2O/c1-2-12-9-4-8-7(3-6(1)9)5-10-11-8/h1-2,4-5H,3H2. The molecule has 0 saturated carbocycles. The first-order valence-corrected chi connectivity index (χ1v) is 3.82. The van der Waals surface area contributed by atoms with Gasteiger partial charge >= 0.3 is 0 Å². The van der Waals surface area contributed by atoms with E-state index in [1.165, 1.54) is 11.1 Å². The Balaban J connectivity index is 2.23. The number of furan rings is 1. The fraction of sp³-hybridized carbons (Fsp3) is 0.111. The molecule has 2 heterocycles. The molecule has 1 aromatic heterocycles. The van der Waals surface area contributed by atoms with Crippen LogP contribution in [-0.2, 0) is 6.42 Å². The second kappa shape index (κ2) is 1.94. The average molecular weight is 158 g/mol. The van der Waals surface area contributed by atoms with E-state index >= 15 is 0 Å². The summed E-state index contributed by atoms with van der Waals surface area (Å²) in [6.45, 7) is 0. The van der Waals surface area contributed by atoms with E-state index < -0.39 is 0 Å². The number of nitrogens with zero attached hydrogens (tertiary/aromatic N) is 2. The lowest BCUT2D eigenvalue weighted by molar-refractivity contribution is 0.552. The van der Waals surface area contributed by atoms with Gasteiger partial charge in [0.2, 0.25) is 0 Å². The zero-order valence-electron chi connectivity index (χ0n) is 6.32. The molecule has 0 radical (unpaired) electrons. The van der Waals surface area contributed by atoms with Crippen LogP contribution in [-0.4, -0.2) is 0 Å². The van der Waals surface area contributed by atoms with Crippen LogP contribution in [0.1, 0.15) is 11.3 Å². The van der Waals surface area contributed by atoms with E-state index in [-0.39, 0.29) is 0 Å². The van der Waals surface area contributed by atoms with E-state index in [2.05, 4.69) is 10.2 Å². The maximum absolute atomic E-state index is 5.26. The lowest BCUT2D eigenvalue weighted by Crippen LogP contribution is -1.96. The maximum Gasteiger partial charge on any atom is 0.132 e. The van der Waals surface area contributed by atoms with E-state index in [0.717, 1.165) is 17.9 Å². The summed E-state index contributed by atoms with van der Waals surface area (Å²) < 4.78 is 5.26. The molecule has 0 aromatic carbocycles. The molecular weight excluding hydrogens is 152 g/mol. The monoisotopic (exact) mass is 158 g/mol. The minimum Gasteiger partial charge on any atom is -0.465 e. The predicted molar refractivity (Wildman–Crippen MR) is 43.3 cm³/mol. The highest BCUT2D eigenvalue weighted by atomic mass is 16.3. The van der Waals surface area contributed by atoms with Crippen LogP contribution in [0.2, 0.25) is 0 Å². The summed E-state index contributed by atoms with van der Waals surface area (Å²) in [7, 11) is 0. The maximum atomic E-state index is 5.26. The van der Waals surface area contributed by atoms with Crippen molar-refractivity contribution in [2.24, 2.45) is 10.2 Å². The molecule has 3 heteroatoms. The van der Waals surface area contributed by atoms with Crippen molar-refractivity contribution in [3.63, 3.8) is 0 Å². The zero-order chi connectivity index (χ0) is 7.97. The van der Waals surface area contributed by atoms with Gasteiger partial charge in [0.05, 0.1) is 18.2 Å². The Morgan fingerprint density at radius 1 is 1.42 bits per heavy atom. The molecule has 0 fully saturated rings. The SMILES string of the molecule is C1=C2Cc3ccoc3C=C2N=N1. The smallest absolute Gasteiger partial charge is 0.132 e. The van der Waals surface area contributed by atoms with Gasteiger partial charge in [-0.25, -0.2) is 0 Å². The molecule has 0 amide bonds. The van der Waals surface area contributed by atoms with Crippen molar-refractivity contribution in [3.05, 3.63) is 41.1 Å².